The summed E-state index contributed by atoms with van der Waals surface area (Å²) in [5, 5.41) is 6.41. The topological polar surface area (TPSA) is 41.1 Å². The van der Waals surface area contributed by atoms with Crippen LogP contribution in [0.2, 0.25) is 0 Å². The van der Waals surface area contributed by atoms with E-state index in [1.807, 2.05) is 0 Å². The fraction of sp³-hybridized carbons (Fsp3) is 0.909. The molecule has 1 saturated carbocycles. The van der Waals surface area contributed by atoms with E-state index < -0.39 is 0 Å². The monoisotopic (exact) mass is 232 g/mol. The van der Waals surface area contributed by atoms with Gasteiger partial charge in [0.2, 0.25) is 5.91 Å². The minimum atomic E-state index is 0. The first-order chi connectivity index (χ1) is 6.61. The summed E-state index contributed by atoms with van der Waals surface area (Å²) in [6.45, 7) is 8.44. The van der Waals surface area contributed by atoms with E-state index in [1.54, 1.807) is 0 Å². The zero-order chi connectivity index (χ0) is 10.3. The van der Waals surface area contributed by atoms with Crippen LogP contribution in [0.5, 0.6) is 0 Å². The van der Waals surface area contributed by atoms with Crippen LogP contribution in [-0.2, 0) is 4.79 Å². The predicted octanol–water partition coefficient (Wildman–Crippen LogP) is 1.03. The van der Waals surface area contributed by atoms with Crippen molar-refractivity contribution in [1.29, 1.82) is 0 Å². The molecule has 0 aromatic rings. The molecule has 2 fully saturated rings. The van der Waals surface area contributed by atoms with Gasteiger partial charge in [-0.2, -0.15) is 0 Å². The molecule has 4 heteroatoms. The van der Waals surface area contributed by atoms with Crippen LogP contribution in [0.3, 0.4) is 0 Å². The number of fused-ring (bicyclic) bond motifs is 1. The molecule has 0 bridgehead atoms. The van der Waals surface area contributed by atoms with Crippen LogP contribution in [0, 0.1) is 23.7 Å². The molecule has 15 heavy (non-hydrogen) atoms. The first-order valence-corrected chi connectivity index (χ1v) is 5.62. The van der Waals surface area contributed by atoms with Gasteiger partial charge in [0, 0.05) is 12.0 Å². The second-order valence-corrected chi connectivity index (χ2v) is 5.05. The zero-order valence-electron chi connectivity index (χ0n) is 9.62. The van der Waals surface area contributed by atoms with Crippen molar-refractivity contribution in [3.05, 3.63) is 0 Å². The molecule has 2 unspecified atom stereocenters. The SMILES string of the molecule is CC(C)C(C)NC(=O)C1[C@H]2CNC[C@@H]12.Cl. The minimum Gasteiger partial charge on any atom is -0.353 e. The highest BCUT2D eigenvalue weighted by Crippen LogP contribution is 2.48. The van der Waals surface area contributed by atoms with E-state index in [0.29, 0.717) is 29.7 Å². The second kappa shape index (κ2) is 4.71. The summed E-state index contributed by atoms with van der Waals surface area (Å²) >= 11 is 0. The van der Waals surface area contributed by atoms with Crippen LogP contribution in [0.25, 0.3) is 0 Å². The molecule has 3 nitrogen and oxygen atoms in total. The third-order valence-corrected chi connectivity index (χ3v) is 3.76. The summed E-state index contributed by atoms with van der Waals surface area (Å²) in [5.74, 6) is 2.39. The van der Waals surface area contributed by atoms with Gasteiger partial charge >= 0.3 is 0 Å². The number of carbonyl (C=O) groups is 1. The first kappa shape index (κ1) is 12.8. The van der Waals surface area contributed by atoms with Crippen molar-refractivity contribution in [2.75, 3.05) is 13.1 Å². The highest BCUT2D eigenvalue weighted by atomic mass is 35.5. The molecule has 1 amide bonds. The fourth-order valence-electron chi connectivity index (χ4n) is 2.29. The molecular weight excluding hydrogens is 212 g/mol. The third kappa shape index (κ3) is 2.45. The number of amides is 1. The van der Waals surface area contributed by atoms with Crippen molar-refractivity contribution in [2.45, 2.75) is 26.8 Å². The Balaban J connectivity index is 0.00000112. The number of hydrogen-bond donors (Lipinski definition) is 2. The summed E-state index contributed by atoms with van der Waals surface area (Å²) in [6.07, 6.45) is 0. The Hall–Kier alpha value is -0.280. The van der Waals surface area contributed by atoms with E-state index in [9.17, 15) is 4.79 Å². The van der Waals surface area contributed by atoms with E-state index in [2.05, 4.69) is 31.4 Å². The maximum absolute atomic E-state index is 11.8. The Morgan fingerprint density at radius 1 is 1.27 bits per heavy atom. The van der Waals surface area contributed by atoms with Gasteiger partial charge in [0.25, 0.3) is 0 Å². The van der Waals surface area contributed by atoms with E-state index in [0.717, 1.165) is 13.1 Å². The normalized spacial score (nSPS) is 34.3. The van der Waals surface area contributed by atoms with Crippen LogP contribution in [0.1, 0.15) is 20.8 Å². The molecule has 1 aliphatic heterocycles. The Morgan fingerprint density at radius 3 is 2.27 bits per heavy atom. The molecule has 0 aromatic carbocycles. The van der Waals surface area contributed by atoms with Crippen molar-refractivity contribution < 1.29 is 4.79 Å². The zero-order valence-corrected chi connectivity index (χ0v) is 10.4. The second-order valence-electron chi connectivity index (χ2n) is 5.05. The van der Waals surface area contributed by atoms with Gasteiger partial charge < -0.3 is 10.6 Å². The number of nitrogens with one attached hydrogen (secondary N) is 2. The van der Waals surface area contributed by atoms with Gasteiger partial charge in [-0.25, -0.2) is 0 Å². The van der Waals surface area contributed by atoms with Gasteiger partial charge in [0.05, 0.1) is 0 Å². The van der Waals surface area contributed by atoms with Gasteiger partial charge in [0.1, 0.15) is 0 Å². The maximum atomic E-state index is 11.8. The highest BCUT2D eigenvalue weighted by Gasteiger charge is 2.56. The van der Waals surface area contributed by atoms with Crippen molar-refractivity contribution in [3.63, 3.8) is 0 Å². The third-order valence-electron chi connectivity index (χ3n) is 3.76. The predicted molar refractivity (Wildman–Crippen MR) is 63.0 cm³/mol. The minimum absolute atomic E-state index is 0. The standard InChI is InChI=1S/C11H20N2O.ClH/c1-6(2)7(3)13-11(14)10-8-4-12-5-9(8)10;/h6-10,12H,4-5H2,1-3H3,(H,13,14);1H/t7?,8-,9+,10?;. The van der Waals surface area contributed by atoms with E-state index >= 15 is 0 Å². The lowest BCUT2D eigenvalue weighted by molar-refractivity contribution is -0.123. The quantitative estimate of drug-likeness (QED) is 0.764. The number of piperidine rings is 1. The molecule has 2 rings (SSSR count). The van der Waals surface area contributed by atoms with Gasteiger partial charge in [0.15, 0.2) is 0 Å². The van der Waals surface area contributed by atoms with Crippen LogP contribution >= 0.6 is 12.4 Å². The van der Waals surface area contributed by atoms with Gasteiger partial charge in [-0.05, 0) is 37.8 Å². The van der Waals surface area contributed by atoms with Crippen molar-refractivity contribution in [3.8, 4) is 0 Å². The van der Waals surface area contributed by atoms with Gasteiger partial charge in [-0.15, -0.1) is 12.4 Å². The lowest BCUT2D eigenvalue weighted by Gasteiger charge is -2.18. The Labute approximate surface area is 97.8 Å². The summed E-state index contributed by atoms with van der Waals surface area (Å²) in [5.41, 5.74) is 0. The van der Waals surface area contributed by atoms with Gasteiger partial charge in [-0.1, -0.05) is 13.8 Å². The maximum Gasteiger partial charge on any atom is 0.224 e. The fourth-order valence-corrected chi connectivity index (χ4v) is 2.29. The molecule has 0 spiro atoms. The van der Waals surface area contributed by atoms with Crippen LogP contribution < -0.4 is 10.6 Å². The Morgan fingerprint density at radius 2 is 1.80 bits per heavy atom. The Bertz CT molecular complexity index is 235. The van der Waals surface area contributed by atoms with E-state index in [1.165, 1.54) is 0 Å². The summed E-state index contributed by atoms with van der Waals surface area (Å²) in [6, 6.07) is 0.303. The van der Waals surface area contributed by atoms with Crippen LogP contribution in [0.4, 0.5) is 0 Å². The summed E-state index contributed by atoms with van der Waals surface area (Å²) in [4.78, 5) is 11.8. The largest absolute Gasteiger partial charge is 0.353 e. The van der Waals surface area contributed by atoms with Crippen molar-refractivity contribution in [1.82, 2.24) is 10.6 Å². The molecular formula is C11H21ClN2O. The van der Waals surface area contributed by atoms with Crippen LogP contribution in [0.15, 0.2) is 0 Å². The van der Waals surface area contributed by atoms with Gasteiger partial charge in [-0.3, -0.25) is 4.79 Å². The summed E-state index contributed by atoms with van der Waals surface area (Å²) < 4.78 is 0. The van der Waals surface area contributed by atoms with Crippen molar-refractivity contribution in [2.24, 2.45) is 23.7 Å². The van der Waals surface area contributed by atoms with Crippen molar-refractivity contribution >= 4 is 18.3 Å². The lowest BCUT2D eigenvalue weighted by Crippen LogP contribution is -2.38. The summed E-state index contributed by atoms with van der Waals surface area (Å²) in [7, 11) is 0. The van der Waals surface area contributed by atoms with Crippen LogP contribution in [-0.4, -0.2) is 25.0 Å². The molecule has 0 aromatic heterocycles. The number of rotatable bonds is 3. The van der Waals surface area contributed by atoms with E-state index in [4.69, 9.17) is 0 Å². The molecule has 88 valence electrons. The lowest BCUT2D eigenvalue weighted by atomic mass is 10.1. The smallest absolute Gasteiger partial charge is 0.224 e. The molecule has 1 saturated heterocycles. The molecule has 4 atom stereocenters. The average Bonchev–Trinajstić information content (AvgIpc) is 2.61. The molecule has 2 aliphatic rings. The number of carbonyl (C=O) groups excluding carboxylic acids is 1. The number of halogens is 1. The average molecular weight is 233 g/mol. The Kier molecular flexibility index (Phi) is 4.01. The number of hydrogen-bond acceptors (Lipinski definition) is 2. The van der Waals surface area contributed by atoms with E-state index in [-0.39, 0.29) is 18.3 Å². The molecule has 1 heterocycles. The first-order valence-electron chi connectivity index (χ1n) is 5.62. The highest BCUT2D eigenvalue weighted by molar-refractivity contribution is 5.85. The molecule has 1 aliphatic carbocycles. The molecule has 0 radical (unpaired) electrons. The molecule has 2 N–H and O–H groups in total.